The van der Waals surface area contributed by atoms with E-state index in [0.717, 1.165) is 18.0 Å². The van der Waals surface area contributed by atoms with Crippen LogP contribution in [-0.2, 0) is 6.54 Å². The molecule has 2 aromatic rings. The molecule has 17 heavy (non-hydrogen) atoms. The Hall–Kier alpha value is -1.07. The van der Waals surface area contributed by atoms with Crippen molar-refractivity contribution in [2.45, 2.75) is 6.54 Å². The average molecular weight is 339 g/mol. The normalized spacial score (nSPS) is 10.2. The molecular formula is C14H14INO. The Balaban J connectivity index is 2.08. The van der Waals surface area contributed by atoms with Crippen LogP contribution < -0.4 is 10.1 Å². The van der Waals surface area contributed by atoms with Crippen LogP contribution in [0.15, 0.2) is 48.5 Å². The van der Waals surface area contributed by atoms with E-state index in [-0.39, 0.29) is 0 Å². The summed E-state index contributed by atoms with van der Waals surface area (Å²) < 4.78 is 6.94. The summed E-state index contributed by atoms with van der Waals surface area (Å²) in [6.45, 7) is 0.878. The molecule has 0 aromatic heterocycles. The number of hydrogen-bond acceptors (Lipinski definition) is 2. The summed E-state index contributed by atoms with van der Waals surface area (Å²) in [7, 11) is 1.94. The zero-order chi connectivity index (χ0) is 12.1. The molecule has 0 radical (unpaired) electrons. The van der Waals surface area contributed by atoms with E-state index in [1.165, 1.54) is 9.13 Å². The van der Waals surface area contributed by atoms with E-state index in [2.05, 4.69) is 40.0 Å². The molecule has 0 bridgehead atoms. The quantitative estimate of drug-likeness (QED) is 0.856. The standard InChI is InChI=1S/C14H14INO/c1-16-10-11-5-7-13(8-6-11)17-14-4-2-3-12(15)9-14/h2-9,16H,10H2,1H3. The van der Waals surface area contributed by atoms with E-state index in [1.807, 2.05) is 43.4 Å². The van der Waals surface area contributed by atoms with Gasteiger partial charge in [-0.05, 0) is 65.5 Å². The number of halogens is 1. The first-order chi connectivity index (χ1) is 8.28. The molecule has 0 atom stereocenters. The fraction of sp³-hybridized carbons (Fsp3) is 0.143. The Morgan fingerprint density at radius 1 is 1.06 bits per heavy atom. The summed E-state index contributed by atoms with van der Waals surface area (Å²) in [5.41, 5.74) is 1.25. The maximum atomic E-state index is 5.77. The van der Waals surface area contributed by atoms with Gasteiger partial charge in [0.1, 0.15) is 11.5 Å². The molecule has 2 rings (SSSR count). The van der Waals surface area contributed by atoms with Gasteiger partial charge in [0.15, 0.2) is 0 Å². The van der Waals surface area contributed by atoms with Gasteiger partial charge in [0, 0.05) is 10.1 Å². The lowest BCUT2D eigenvalue weighted by Crippen LogP contribution is -2.04. The minimum absolute atomic E-state index is 0.867. The van der Waals surface area contributed by atoms with Crippen molar-refractivity contribution in [3.05, 3.63) is 57.7 Å². The van der Waals surface area contributed by atoms with E-state index < -0.39 is 0 Å². The maximum Gasteiger partial charge on any atom is 0.128 e. The zero-order valence-corrected chi connectivity index (χ0v) is 11.8. The molecule has 1 N–H and O–H groups in total. The summed E-state index contributed by atoms with van der Waals surface area (Å²) >= 11 is 2.28. The SMILES string of the molecule is CNCc1ccc(Oc2cccc(I)c2)cc1. The van der Waals surface area contributed by atoms with Crippen LogP contribution in [0.2, 0.25) is 0 Å². The topological polar surface area (TPSA) is 21.3 Å². The van der Waals surface area contributed by atoms with Crippen LogP contribution in [0, 0.1) is 3.57 Å². The minimum Gasteiger partial charge on any atom is -0.457 e. The molecule has 0 aliphatic rings. The summed E-state index contributed by atoms with van der Waals surface area (Å²) in [5.74, 6) is 1.74. The van der Waals surface area contributed by atoms with Crippen molar-refractivity contribution >= 4 is 22.6 Å². The summed E-state index contributed by atoms with van der Waals surface area (Å²) in [6.07, 6.45) is 0. The fourth-order valence-electron chi connectivity index (χ4n) is 1.55. The predicted octanol–water partition coefficient (Wildman–Crippen LogP) is 3.80. The molecule has 3 heteroatoms. The second-order valence-electron chi connectivity index (χ2n) is 3.73. The van der Waals surface area contributed by atoms with E-state index in [4.69, 9.17) is 4.74 Å². The van der Waals surface area contributed by atoms with Gasteiger partial charge in [-0.1, -0.05) is 18.2 Å². The van der Waals surface area contributed by atoms with E-state index in [9.17, 15) is 0 Å². The monoisotopic (exact) mass is 339 g/mol. The molecule has 0 unspecified atom stereocenters. The molecule has 0 aliphatic carbocycles. The van der Waals surface area contributed by atoms with Gasteiger partial charge >= 0.3 is 0 Å². The summed E-state index contributed by atoms with van der Waals surface area (Å²) in [6, 6.07) is 16.1. The molecule has 2 nitrogen and oxygen atoms in total. The van der Waals surface area contributed by atoms with Gasteiger partial charge in [0.2, 0.25) is 0 Å². The highest BCUT2D eigenvalue weighted by atomic mass is 127. The molecule has 0 saturated carbocycles. The van der Waals surface area contributed by atoms with Crippen LogP contribution in [0.4, 0.5) is 0 Å². The molecular weight excluding hydrogens is 325 g/mol. The Kier molecular flexibility index (Phi) is 4.39. The molecule has 0 spiro atoms. The molecule has 0 fully saturated rings. The molecule has 2 aromatic carbocycles. The van der Waals surface area contributed by atoms with Gasteiger partial charge in [-0.2, -0.15) is 0 Å². The van der Waals surface area contributed by atoms with Crippen LogP contribution in [0.5, 0.6) is 11.5 Å². The summed E-state index contributed by atoms with van der Waals surface area (Å²) in [5, 5.41) is 3.12. The highest BCUT2D eigenvalue weighted by Gasteiger charge is 1.98. The number of nitrogens with one attached hydrogen (secondary N) is 1. The van der Waals surface area contributed by atoms with Gasteiger partial charge in [-0.25, -0.2) is 0 Å². The van der Waals surface area contributed by atoms with Gasteiger partial charge in [-0.3, -0.25) is 0 Å². The lowest BCUT2D eigenvalue weighted by Gasteiger charge is -2.07. The first-order valence-electron chi connectivity index (χ1n) is 5.45. The third-order valence-corrected chi connectivity index (χ3v) is 3.01. The number of benzene rings is 2. The Bertz CT molecular complexity index is 482. The van der Waals surface area contributed by atoms with Crippen molar-refractivity contribution in [1.29, 1.82) is 0 Å². The second-order valence-corrected chi connectivity index (χ2v) is 4.98. The second kappa shape index (κ2) is 6.02. The van der Waals surface area contributed by atoms with Crippen molar-refractivity contribution in [3.8, 4) is 11.5 Å². The van der Waals surface area contributed by atoms with Crippen molar-refractivity contribution < 1.29 is 4.74 Å². The van der Waals surface area contributed by atoms with Crippen molar-refractivity contribution in [2.75, 3.05) is 7.05 Å². The number of hydrogen-bond donors (Lipinski definition) is 1. The average Bonchev–Trinajstić information content (AvgIpc) is 2.32. The third kappa shape index (κ3) is 3.71. The first-order valence-corrected chi connectivity index (χ1v) is 6.53. The van der Waals surface area contributed by atoms with Gasteiger partial charge in [0.05, 0.1) is 0 Å². The molecule has 0 saturated heterocycles. The molecule has 0 heterocycles. The molecule has 0 aliphatic heterocycles. The predicted molar refractivity (Wildman–Crippen MR) is 78.4 cm³/mol. The van der Waals surface area contributed by atoms with Crippen LogP contribution in [0.1, 0.15) is 5.56 Å². The molecule has 0 amide bonds. The van der Waals surface area contributed by atoms with E-state index in [0.29, 0.717) is 0 Å². The van der Waals surface area contributed by atoms with Gasteiger partial charge in [-0.15, -0.1) is 0 Å². The number of rotatable bonds is 4. The lowest BCUT2D eigenvalue weighted by atomic mass is 10.2. The van der Waals surface area contributed by atoms with Crippen LogP contribution >= 0.6 is 22.6 Å². The Morgan fingerprint density at radius 2 is 1.82 bits per heavy atom. The zero-order valence-electron chi connectivity index (χ0n) is 9.61. The first kappa shape index (κ1) is 12.4. The third-order valence-electron chi connectivity index (χ3n) is 2.34. The fourth-order valence-corrected chi connectivity index (χ4v) is 2.06. The minimum atomic E-state index is 0.867. The smallest absolute Gasteiger partial charge is 0.128 e. The highest BCUT2D eigenvalue weighted by molar-refractivity contribution is 14.1. The van der Waals surface area contributed by atoms with Gasteiger partial charge in [0.25, 0.3) is 0 Å². The summed E-state index contributed by atoms with van der Waals surface area (Å²) in [4.78, 5) is 0. The molecule has 88 valence electrons. The highest BCUT2D eigenvalue weighted by Crippen LogP contribution is 2.23. The van der Waals surface area contributed by atoms with Crippen LogP contribution in [0.25, 0.3) is 0 Å². The Labute approximate surface area is 115 Å². The van der Waals surface area contributed by atoms with Crippen LogP contribution in [0.3, 0.4) is 0 Å². The van der Waals surface area contributed by atoms with Crippen molar-refractivity contribution in [2.24, 2.45) is 0 Å². The van der Waals surface area contributed by atoms with E-state index >= 15 is 0 Å². The van der Waals surface area contributed by atoms with Gasteiger partial charge < -0.3 is 10.1 Å². The van der Waals surface area contributed by atoms with Crippen molar-refractivity contribution in [3.63, 3.8) is 0 Å². The Morgan fingerprint density at radius 3 is 2.47 bits per heavy atom. The van der Waals surface area contributed by atoms with E-state index in [1.54, 1.807) is 0 Å². The lowest BCUT2D eigenvalue weighted by molar-refractivity contribution is 0.482. The van der Waals surface area contributed by atoms with Crippen LogP contribution in [-0.4, -0.2) is 7.05 Å². The number of ether oxygens (including phenoxy) is 1. The largest absolute Gasteiger partial charge is 0.457 e. The maximum absolute atomic E-state index is 5.77. The van der Waals surface area contributed by atoms with Crippen molar-refractivity contribution in [1.82, 2.24) is 5.32 Å².